The quantitative estimate of drug-likeness (QED) is 0.879. The lowest BCUT2D eigenvalue weighted by Gasteiger charge is -2.33. The molecule has 1 unspecified atom stereocenters. The average Bonchev–Trinajstić information content (AvgIpc) is 2.33. The van der Waals surface area contributed by atoms with Crippen LogP contribution in [-0.2, 0) is 11.8 Å². The maximum atomic E-state index is 3.51. The van der Waals surface area contributed by atoms with Crippen molar-refractivity contribution < 1.29 is 0 Å². The zero-order valence-corrected chi connectivity index (χ0v) is 13.1. The van der Waals surface area contributed by atoms with Crippen LogP contribution in [0.4, 0.5) is 0 Å². The molecule has 1 heterocycles. The highest BCUT2D eigenvalue weighted by atomic mass is 15.2. The fraction of sp³-hybridized carbons (Fsp3) is 0.647. The van der Waals surface area contributed by atoms with Crippen LogP contribution in [0.2, 0.25) is 0 Å². The number of rotatable bonds is 2. The first kappa shape index (κ1) is 14.5. The molecule has 0 radical (unpaired) electrons. The van der Waals surface area contributed by atoms with Gasteiger partial charge >= 0.3 is 0 Å². The van der Waals surface area contributed by atoms with Crippen LogP contribution in [0, 0.1) is 6.92 Å². The first-order chi connectivity index (χ1) is 8.88. The third kappa shape index (κ3) is 3.58. The van der Waals surface area contributed by atoms with Gasteiger partial charge in [-0.15, -0.1) is 0 Å². The summed E-state index contributed by atoms with van der Waals surface area (Å²) in [6, 6.07) is 7.61. The Morgan fingerprint density at radius 2 is 2.05 bits per heavy atom. The molecule has 1 saturated heterocycles. The molecular formula is C17H28N2. The minimum atomic E-state index is 0.235. The van der Waals surface area contributed by atoms with E-state index >= 15 is 0 Å². The Morgan fingerprint density at radius 1 is 1.32 bits per heavy atom. The van der Waals surface area contributed by atoms with Crippen LogP contribution >= 0.6 is 0 Å². The Morgan fingerprint density at radius 3 is 2.68 bits per heavy atom. The van der Waals surface area contributed by atoms with Gasteiger partial charge < -0.3 is 10.2 Å². The Hall–Kier alpha value is -0.860. The topological polar surface area (TPSA) is 15.3 Å². The van der Waals surface area contributed by atoms with Gasteiger partial charge in [0.1, 0.15) is 0 Å². The summed E-state index contributed by atoms with van der Waals surface area (Å²) in [7, 11) is 2.24. The van der Waals surface area contributed by atoms with Gasteiger partial charge in [0.15, 0.2) is 0 Å². The van der Waals surface area contributed by atoms with Gasteiger partial charge in [-0.05, 0) is 42.5 Å². The minimum absolute atomic E-state index is 0.235. The molecule has 1 atom stereocenters. The van der Waals surface area contributed by atoms with E-state index in [9.17, 15) is 0 Å². The summed E-state index contributed by atoms with van der Waals surface area (Å²) in [5, 5.41) is 3.51. The number of likely N-dealkylation sites (N-methyl/N-ethyl adjacent to an activating group) is 1. The van der Waals surface area contributed by atoms with Gasteiger partial charge in [-0.3, -0.25) is 0 Å². The Labute approximate surface area is 118 Å². The molecule has 0 saturated carbocycles. The summed E-state index contributed by atoms with van der Waals surface area (Å²) in [6.07, 6.45) is 1.15. The van der Waals surface area contributed by atoms with Crippen LogP contribution < -0.4 is 5.32 Å². The number of piperazine rings is 1. The summed E-state index contributed by atoms with van der Waals surface area (Å²) in [5.41, 5.74) is 4.61. The third-order valence-electron chi connectivity index (χ3n) is 4.32. The van der Waals surface area contributed by atoms with Crippen LogP contribution in [0.5, 0.6) is 0 Å². The first-order valence-electron chi connectivity index (χ1n) is 7.39. The van der Waals surface area contributed by atoms with Crippen molar-refractivity contribution in [3.05, 3.63) is 34.9 Å². The van der Waals surface area contributed by atoms with E-state index in [2.05, 4.69) is 63.2 Å². The van der Waals surface area contributed by atoms with Crippen molar-refractivity contribution in [2.75, 3.05) is 26.7 Å². The molecule has 19 heavy (non-hydrogen) atoms. The highest BCUT2D eigenvalue weighted by Crippen LogP contribution is 2.25. The number of nitrogens with zero attached hydrogens (tertiary/aromatic N) is 1. The second-order valence-corrected chi connectivity index (χ2v) is 6.93. The maximum absolute atomic E-state index is 3.51. The van der Waals surface area contributed by atoms with Crippen molar-refractivity contribution >= 4 is 0 Å². The van der Waals surface area contributed by atoms with Crippen molar-refractivity contribution in [1.82, 2.24) is 10.2 Å². The van der Waals surface area contributed by atoms with E-state index in [0.29, 0.717) is 6.04 Å². The number of hydrogen-bond acceptors (Lipinski definition) is 2. The zero-order valence-electron chi connectivity index (χ0n) is 13.1. The van der Waals surface area contributed by atoms with E-state index in [0.717, 1.165) is 26.1 Å². The van der Waals surface area contributed by atoms with E-state index in [1.165, 1.54) is 16.7 Å². The molecule has 0 aromatic heterocycles. The lowest BCUT2D eigenvalue weighted by Crippen LogP contribution is -2.50. The molecule has 2 rings (SSSR count). The summed E-state index contributed by atoms with van der Waals surface area (Å²) < 4.78 is 0. The fourth-order valence-electron chi connectivity index (χ4n) is 2.70. The second-order valence-electron chi connectivity index (χ2n) is 6.93. The van der Waals surface area contributed by atoms with Crippen LogP contribution in [0.1, 0.15) is 37.5 Å². The predicted molar refractivity (Wildman–Crippen MR) is 82.9 cm³/mol. The van der Waals surface area contributed by atoms with Gasteiger partial charge in [-0.2, -0.15) is 0 Å². The highest BCUT2D eigenvalue weighted by molar-refractivity contribution is 5.35. The third-order valence-corrected chi connectivity index (χ3v) is 4.32. The first-order valence-corrected chi connectivity index (χ1v) is 7.39. The standard InChI is InChI=1S/C17H28N2/c1-13-6-7-15(17(2,3)4)10-14(13)11-16-12-18-8-9-19(16)5/h6-7,10,16,18H,8-9,11-12H2,1-5H3. The number of benzene rings is 1. The lowest BCUT2D eigenvalue weighted by atomic mass is 9.84. The number of aryl methyl sites for hydroxylation is 1. The Balaban J connectivity index is 2.19. The Bertz CT molecular complexity index is 431. The molecule has 2 heteroatoms. The van der Waals surface area contributed by atoms with E-state index in [4.69, 9.17) is 0 Å². The average molecular weight is 260 g/mol. The molecule has 1 aromatic carbocycles. The predicted octanol–water partition coefficient (Wildman–Crippen LogP) is 2.74. The van der Waals surface area contributed by atoms with Crippen LogP contribution in [0.15, 0.2) is 18.2 Å². The molecule has 1 aliphatic rings. The molecular weight excluding hydrogens is 232 g/mol. The van der Waals surface area contributed by atoms with Crippen molar-refractivity contribution in [2.45, 2.75) is 45.6 Å². The Kier molecular flexibility index (Phi) is 4.32. The molecule has 1 N–H and O–H groups in total. The van der Waals surface area contributed by atoms with Crippen LogP contribution in [-0.4, -0.2) is 37.6 Å². The van der Waals surface area contributed by atoms with E-state index in [-0.39, 0.29) is 5.41 Å². The van der Waals surface area contributed by atoms with Gasteiger partial charge in [-0.25, -0.2) is 0 Å². The maximum Gasteiger partial charge on any atom is 0.0258 e. The van der Waals surface area contributed by atoms with Crippen LogP contribution in [0.3, 0.4) is 0 Å². The van der Waals surface area contributed by atoms with Gasteiger partial charge in [0.25, 0.3) is 0 Å². The van der Waals surface area contributed by atoms with Gasteiger partial charge in [-0.1, -0.05) is 39.0 Å². The second kappa shape index (κ2) is 5.64. The van der Waals surface area contributed by atoms with Gasteiger partial charge in [0, 0.05) is 25.7 Å². The molecule has 0 amide bonds. The van der Waals surface area contributed by atoms with Crippen LogP contribution in [0.25, 0.3) is 0 Å². The van der Waals surface area contributed by atoms with Crippen molar-refractivity contribution in [1.29, 1.82) is 0 Å². The highest BCUT2D eigenvalue weighted by Gasteiger charge is 2.21. The normalized spacial score (nSPS) is 21.6. The summed E-state index contributed by atoms with van der Waals surface area (Å²) in [6.45, 7) is 12.5. The lowest BCUT2D eigenvalue weighted by molar-refractivity contribution is 0.199. The number of nitrogens with one attached hydrogen (secondary N) is 1. The summed E-state index contributed by atoms with van der Waals surface area (Å²) in [5.74, 6) is 0. The minimum Gasteiger partial charge on any atom is -0.314 e. The molecule has 0 bridgehead atoms. The van der Waals surface area contributed by atoms with E-state index in [1.54, 1.807) is 0 Å². The summed E-state index contributed by atoms with van der Waals surface area (Å²) >= 11 is 0. The fourth-order valence-corrected chi connectivity index (χ4v) is 2.70. The van der Waals surface area contributed by atoms with Crippen molar-refractivity contribution in [3.63, 3.8) is 0 Å². The number of hydrogen-bond donors (Lipinski definition) is 1. The smallest absolute Gasteiger partial charge is 0.0258 e. The molecule has 0 aliphatic carbocycles. The molecule has 106 valence electrons. The van der Waals surface area contributed by atoms with Gasteiger partial charge in [0.05, 0.1) is 0 Å². The molecule has 1 aliphatic heterocycles. The van der Waals surface area contributed by atoms with Crippen molar-refractivity contribution in [3.8, 4) is 0 Å². The summed E-state index contributed by atoms with van der Waals surface area (Å²) in [4.78, 5) is 2.49. The van der Waals surface area contributed by atoms with Crippen molar-refractivity contribution in [2.24, 2.45) is 0 Å². The monoisotopic (exact) mass is 260 g/mol. The SMILES string of the molecule is Cc1ccc(C(C)(C)C)cc1CC1CNCCN1C. The molecule has 1 fully saturated rings. The largest absolute Gasteiger partial charge is 0.314 e. The van der Waals surface area contributed by atoms with Gasteiger partial charge in [0.2, 0.25) is 0 Å². The van der Waals surface area contributed by atoms with E-state index < -0.39 is 0 Å². The molecule has 1 aromatic rings. The van der Waals surface area contributed by atoms with E-state index in [1.807, 2.05) is 0 Å². The molecule has 0 spiro atoms. The zero-order chi connectivity index (χ0) is 14.0. The molecule has 2 nitrogen and oxygen atoms in total.